The van der Waals surface area contributed by atoms with E-state index in [9.17, 15) is 9.59 Å². The first kappa shape index (κ1) is 19.9. The van der Waals surface area contributed by atoms with Crippen LogP contribution in [-0.4, -0.2) is 54.4 Å². The highest BCUT2D eigenvalue weighted by molar-refractivity contribution is 5.94. The van der Waals surface area contributed by atoms with Gasteiger partial charge in [-0.3, -0.25) is 9.59 Å². The molecule has 0 aliphatic carbocycles. The van der Waals surface area contributed by atoms with Crippen molar-refractivity contribution in [3.63, 3.8) is 0 Å². The highest BCUT2D eigenvalue weighted by Gasteiger charge is 2.22. The molecule has 1 saturated heterocycles. The summed E-state index contributed by atoms with van der Waals surface area (Å²) in [7, 11) is 0. The summed E-state index contributed by atoms with van der Waals surface area (Å²) in [4.78, 5) is 28.9. The smallest absolute Gasteiger partial charge is 0.253 e. The first-order chi connectivity index (χ1) is 13.5. The van der Waals surface area contributed by atoms with Gasteiger partial charge in [-0.2, -0.15) is 0 Å². The molecule has 3 rings (SSSR count). The van der Waals surface area contributed by atoms with Gasteiger partial charge < -0.3 is 14.5 Å². The summed E-state index contributed by atoms with van der Waals surface area (Å²) in [5, 5.41) is 0. The van der Waals surface area contributed by atoms with E-state index in [1.807, 2.05) is 66.1 Å². The number of hydrogen-bond acceptors (Lipinski definition) is 3. The van der Waals surface area contributed by atoms with Crippen LogP contribution >= 0.6 is 0 Å². The third kappa shape index (κ3) is 5.12. The number of nitrogens with zero attached hydrogens (tertiary/aromatic N) is 2. The topological polar surface area (TPSA) is 49.9 Å². The maximum atomic E-state index is 12.6. The Bertz CT molecular complexity index is 820. The molecule has 0 aromatic heterocycles. The van der Waals surface area contributed by atoms with Crippen LogP contribution in [0.5, 0.6) is 5.75 Å². The minimum Gasteiger partial charge on any atom is -0.493 e. The van der Waals surface area contributed by atoms with Crippen molar-refractivity contribution >= 4 is 11.8 Å². The molecule has 1 aliphatic heterocycles. The van der Waals surface area contributed by atoms with Gasteiger partial charge >= 0.3 is 0 Å². The number of hydrogen-bond donors (Lipinski definition) is 0. The number of rotatable bonds is 5. The van der Waals surface area contributed by atoms with Gasteiger partial charge in [0.15, 0.2) is 0 Å². The van der Waals surface area contributed by atoms with Gasteiger partial charge in [-0.15, -0.1) is 0 Å². The number of benzene rings is 2. The number of ether oxygens (including phenoxy) is 1. The molecule has 0 radical (unpaired) electrons. The Morgan fingerprint density at radius 2 is 1.64 bits per heavy atom. The second-order valence-electron chi connectivity index (χ2n) is 7.26. The third-order valence-corrected chi connectivity index (χ3v) is 5.06. The Labute approximate surface area is 166 Å². The van der Waals surface area contributed by atoms with Crippen molar-refractivity contribution in [2.75, 3.05) is 32.8 Å². The molecule has 0 unspecified atom stereocenters. The first-order valence-corrected chi connectivity index (χ1v) is 9.87. The largest absolute Gasteiger partial charge is 0.493 e. The maximum Gasteiger partial charge on any atom is 0.253 e. The van der Waals surface area contributed by atoms with Crippen LogP contribution < -0.4 is 4.74 Å². The van der Waals surface area contributed by atoms with Crippen LogP contribution in [-0.2, 0) is 4.79 Å². The monoisotopic (exact) mass is 380 g/mol. The van der Waals surface area contributed by atoms with Gasteiger partial charge in [0.1, 0.15) is 5.75 Å². The molecule has 2 aromatic rings. The normalized spacial score (nSPS) is 14.5. The van der Waals surface area contributed by atoms with Crippen LogP contribution in [0, 0.1) is 13.8 Å². The molecule has 5 heteroatoms. The molecule has 0 saturated carbocycles. The van der Waals surface area contributed by atoms with Crippen molar-refractivity contribution in [1.29, 1.82) is 0 Å². The number of carbonyl (C=O) groups excluding carboxylic acids is 2. The summed E-state index contributed by atoms with van der Waals surface area (Å²) in [6.45, 7) is 6.92. The van der Waals surface area contributed by atoms with E-state index in [0.29, 0.717) is 44.8 Å². The zero-order valence-corrected chi connectivity index (χ0v) is 16.7. The minimum absolute atomic E-state index is 0.0353. The van der Waals surface area contributed by atoms with Crippen LogP contribution in [0.3, 0.4) is 0 Å². The molecule has 0 bridgehead atoms. The Morgan fingerprint density at radius 1 is 0.929 bits per heavy atom. The average Bonchev–Trinajstić information content (AvgIpc) is 2.96. The van der Waals surface area contributed by atoms with E-state index in [0.717, 1.165) is 17.7 Å². The van der Waals surface area contributed by atoms with Gasteiger partial charge in [-0.25, -0.2) is 0 Å². The van der Waals surface area contributed by atoms with Gasteiger partial charge in [0.2, 0.25) is 5.91 Å². The second kappa shape index (κ2) is 9.40. The molecule has 0 atom stereocenters. The van der Waals surface area contributed by atoms with E-state index in [-0.39, 0.29) is 11.8 Å². The Balaban J connectivity index is 1.48. The lowest BCUT2D eigenvalue weighted by Crippen LogP contribution is -2.37. The first-order valence-electron chi connectivity index (χ1n) is 9.87. The third-order valence-electron chi connectivity index (χ3n) is 5.06. The lowest BCUT2D eigenvalue weighted by atomic mass is 10.1. The zero-order chi connectivity index (χ0) is 19.9. The molecule has 0 N–H and O–H groups in total. The van der Waals surface area contributed by atoms with Crippen molar-refractivity contribution < 1.29 is 14.3 Å². The number of aryl methyl sites for hydroxylation is 2. The number of amides is 2. The van der Waals surface area contributed by atoms with Crippen molar-refractivity contribution in [1.82, 2.24) is 9.80 Å². The van der Waals surface area contributed by atoms with E-state index in [4.69, 9.17) is 4.74 Å². The van der Waals surface area contributed by atoms with Crippen molar-refractivity contribution in [2.24, 2.45) is 0 Å². The summed E-state index contributed by atoms with van der Waals surface area (Å²) in [6.07, 6.45) is 1.14. The Morgan fingerprint density at radius 3 is 2.39 bits per heavy atom. The lowest BCUT2D eigenvalue weighted by molar-refractivity contribution is -0.131. The Hall–Kier alpha value is -2.82. The van der Waals surface area contributed by atoms with E-state index >= 15 is 0 Å². The molecule has 1 fully saturated rings. The summed E-state index contributed by atoms with van der Waals surface area (Å²) in [5.74, 6) is 0.945. The van der Waals surface area contributed by atoms with Gasteiger partial charge in [-0.05, 0) is 44.0 Å². The molecule has 28 heavy (non-hydrogen) atoms. The summed E-state index contributed by atoms with van der Waals surface area (Å²) < 4.78 is 5.79. The average molecular weight is 380 g/mol. The number of carbonyl (C=O) groups is 2. The van der Waals surface area contributed by atoms with Gasteiger partial charge in [0.05, 0.1) is 13.0 Å². The highest BCUT2D eigenvalue weighted by Crippen LogP contribution is 2.19. The van der Waals surface area contributed by atoms with Gasteiger partial charge in [0.25, 0.3) is 5.91 Å². The summed E-state index contributed by atoms with van der Waals surface area (Å²) >= 11 is 0. The van der Waals surface area contributed by atoms with Gasteiger partial charge in [-0.1, -0.05) is 35.9 Å². The maximum absolute atomic E-state index is 12.6. The van der Waals surface area contributed by atoms with Crippen molar-refractivity contribution in [3.8, 4) is 5.75 Å². The standard InChI is InChI=1S/C23H28N2O3/c1-18-9-10-21(19(2)17-18)28-16-11-22(26)24-12-6-13-25(15-14-24)23(27)20-7-4-3-5-8-20/h3-5,7-10,17H,6,11-16H2,1-2H3. The molecule has 2 amide bonds. The highest BCUT2D eigenvalue weighted by atomic mass is 16.5. The molecule has 2 aromatic carbocycles. The van der Waals surface area contributed by atoms with E-state index < -0.39 is 0 Å². The van der Waals surface area contributed by atoms with Crippen LogP contribution in [0.15, 0.2) is 48.5 Å². The quantitative estimate of drug-likeness (QED) is 0.798. The van der Waals surface area contributed by atoms with E-state index in [2.05, 4.69) is 6.07 Å². The molecular formula is C23H28N2O3. The van der Waals surface area contributed by atoms with Crippen molar-refractivity contribution in [2.45, 2.75) is 26.7 Å². The van der Waals surface area contributed by atoms with Crippen LogP contribution in [0.25, 0.3) is 0 Å². The van der Waals surface area contributed by atoms with E-state index in [1.54, 1.807) is 0 Å². The lowest BCUT2D eigenvalue weighted by Gasteiger charge is -2.22. The molecule has 1 aliphatic rings. The molecule has 5 nitrogen and oxygen atoms in total. The predicted molar refractivity (Wildman–Crippen MR) is 110 cm³/mol. The zero-order valence-electron chi connectivity index (χ0n) is 16.7. The molecule has 0 spiro atoms. The second-order valence-corrected chi connectivity index (χ2v) is 7.26. The van der Waals surface area contributed by atoms with Crippen LogP contribution in [0.1, 0.15) is 34.3 Å². The minimum atomic E-state index is 0.0353. The van der Waals surface area contributed by atoms with Gasteiger partial charge in [0, 0.05) is 31.7 Å². The fourth-order valence-corrected chi connectivity index (χ4v) is 3.50. The van der Waals surface area contributed by atoms with Crippen LogP contribution in [0.4, 0.5) is 0 Å². The van der Waals surface area contributed by atoms with Crippen LogP contribution in [0.2, 0.25) is 0 Å². The SMILES string of the molecule is Cc1ccc(OCCC(=O)N2CCCN(C(=O)c3ccccc3)CC2)c(C)c1. The molecule has 148 valence electrons. The fraction of sp³-hybridized carbons (Fsp3) is 0.391. The predicted octanol–water partition coefficient (Wildman–Crippen LogP) is 3.45. The molecule has 1 heterocycles. The Kier molecular flexibility index (Phi) is 6.69. The van der Waals surface area contributed by atoms with Crippen molar-refractivity contribution in [3.05, 3.63) is 65.2 Å². The fourth-order valence-electron chi connectivity index (χ4n) is 3.50. The molecular weight excluding hydrogens is 352 g/mol. The summed E-state index contributed by atoms with van der Waals surface area (Å²) in [6, 6.07) is 15.4. The summed E-state index contributed by atoms with van der Waals surface area (Å²) in [5.41, 5.74) is 2.97. The van der Waals surface area contributed by atoms with E-state index in [1.165, 1.54) is 5.56 Å².